The molecule has 0 aliphatic carbocycles. The molecule has 3 rings (SSSR count). The van der Waals surface area contributed by atoms with Crippen molar-refractivity contribution in [2.24, 2.45) is 4.99 Å². The van der Waals surface area contributed by atoms with Crippen molar-refractivity contribution < 1.29 is 9.90 Å². The van der Waals surface area contributed by atoms with Crippen molar-refractivity contribution in [3.8, 4) is 5.75 Å². The van der Waals surface area contributed by atoms with E-state index in [1.807, 2.05) is 38.1 Å². The molecular weight excluding hydrogens is 320 g/mol. The van der Waals surface area contributed by atoms with Gasteiger partial charge in [0.05, 0.1) is 10.6 Å². The summed E-state index contributed by atoms with van der Waals surface area (Å²) in [5.74, 6) is 0.0365. The van der Waals surface area contributed by atoms with Crippen LogP contribution in [0.3, 0.4) is 0 Å². The fourth-order valence-corrected chi connectivity index (χ4v) is 3.44. The van der Waals surface area contributed by atoms with Crippen LogP contribution in [0.15, 0.2) is 52.4 Å². The molecule has 2 aromatic carbocycles. The second-order valence-corrected chi connectivity index (χ2v) is 6.68. The molecule has 0 bridgehead atoms. The highest BCUT2D eigenvalue weighted by Gasteiger charge is 2.30. The molecule has 0 unspecified atom stereocenters. The highest BCUT2D eigenvalue weighted by Crippen LogP contribution is 2.35. The molecule has 1 aliphatic rings. The quantitative estimate of drug-likeness (QED) is 0.833. The number of aromatic hydroxyl groups is 1. The van der Waals surface area contributed by atoms with Crippen molar-refractivity contribution >= 4 is 34.6 Å². The lowest BCUT2D eigenvalue weighted by Crippen LogP contribution is -2.23. The number of nitrogens with zero attached hydrogens (tertiary/aromatic N) is 2. The minimum absolute atomic E-state index is 0.117. The van der Waals surface area contributed by atoms with E-state index in [9.17, 15) is 9.90 Å². The Kier molecular flexibility index (Phi) is 4.44. The van der Waals surface area contributed by atoms with Gasteiger partial charge in [-0.15, -0.1) is 0 Å². The Balaban J connectivity index is 1.98. The number of amides is 1. The van der Waals surface area contributed by atoms with Crippen LogP contribution in [0.2, 0.25) is 0 Å². The van der Waals surface area contributed by atoms with Gasteiger partial charge in [0.1, 0.15) is 5.75 Å². The van der Waals surface area contributed by atoms with Gasteiger partial charge >= 0.3 is 0 Å². The number of hydrogen-bond acceptors (Lipinski definition) is 4. The third-order valence-corrected chi connectivity index (χ3v) is 4.93. The van der Waals surface area contributed by atoms with Crippen molar-refractivity contribution in [3.63, 3.8) is 0 Å². The fourth-order valence-electron chi connectivity index (χ4n) is 2.48. The molecule has 24 heavy (non-hydrogen) atoms. The summed E-state index contributed by atoms with van der Waals surface area (Å²) in [7, 11) is 1.72. The number of likely N-dealkylation sites (N-methyl/N-ethyl adjacent to an activating group) is 1. The summed E-state index contributed by atoms with van der Waals surface area (Å²) in [6, 6.07) is 13.0. The Morgan fingerprint density at radius 2 is 1.75 bits per heavy atom. The number of phenolic OH excluding ortho intramolecular Hbond substituents is 1. The zero-order valence-electron chi connectivity index (χ0n) is 13.8. The van der Waals surface area contributed by atoms with E-state index in [0.29, 0.717) is 15.6 Å². The molecule has 122 valence electrons. The Morgan fingerprint density at radius 3 is 2.42 bits per heavy atom. The topological polar surface area (TPSA) is 52.9 Å². The van der Waals surface area contributed by atoms with Crippen LogP contribution in [-0.4, -0.2) is 28.1 Å². The first-order valence-corrected chi connectivity index (χ1v) is 8.39. The number of amidine groups is 1. The molecule has 1 saturated heterocycles. The maximum atomic E-state index is 12.5. The van der Waals surface area contributed by atoms with Crippen molar-refractivity contribution in [3.05, 3.63) is 64.1 Å². The molecule has 1 N–H and O–H groups in total. The largest absolute Gasteiger partial charge is 0.507 e. The van der Waals surface area contributed by atoms with Crippen LogP contribution in [0.4, 0.5) is 5.69 Å². The van der Waals surface area contributed by atoms with Gasteiger partial charge in [-0.2, -0.15) is 0 Å². The van der Waals surface area contributed by atoms with Gasteiger partial charge in [0.15, 0.2) is 5.17 Å². The molecule has 0 aromatic heterocycles. The minimum Gasteiger partial charge on any atom is -0.507 e. The minimum atomic E-state index is -0.117. The number of aryl methyl sites for hydroxylation is 2. The summed E-state index contributed by atoms with van der Waals surface area (Å²) in [4.78, 5) is 19.2. The number of rotatable bonds is 2. The van der Waals surface area contributed by atoms with Gasteiger partial charge in [-0.1, -0.05) is 36.4 Å². The van der Waals surface area contributed by atoms with Gasteiger partial charge in [0.2, 0.25) is 0 Å². The molecule has 1 heterocycles. The van der Waals surface area contributed by atoms with Crippen molar-refractivity contribution in [2.75, 3.05) is 7.05 Å². The van der Waals surface area contributed by atoms with Gasteiger partial charge in [0.25, 0.3) is 5.91 Å². The highest BCUT2D eigenvalue weighted by atomic mass is 32.2. The van der Waals surface area contributed by atoms with Gasteiger partial charge in [-0.05, 0) is 48.9 Å². The second-order valence-electron chi connectivity index (χ2n) is 5.67. The highest BCUT2D eigenvalue weighted by molar-refractivity contribution is 8.18. The van der Waals surface area contributed by atoms with Crippen LogP contribution in [0.5, 0.6) is 5.75 Å². The average Bonchev–Trinajstić information content (AvgIpc) is 2.81. The molecule has 1 amide bonds. The van der Waals surface area contributed by atoms with Crippen LogP contribution >= 0.6 is 11.8 Å². The number of hydrogen-bond donors (Lipinski definition) is 1. The first-order valence-electron chi connectivity index (χ1n) is 7.58. The number of phenols is 1. The van der Waals surface area contributed by atoms with E-state index in [0.717, 1.165) is 16.8 Å². The predicted octanol–water partition coefficient (Wildman–Crippen LogP) is 4.24. The third-order valence-electron chi connectivity index (χ3n) is 3.87. The van der Waals surface area contributed by atoms with E-state index >= 15 is 0 Å². The number of thioether (sulfide) groups is 1. The molecular formula is C19H18N2O2S. The zero-order valence-corrected chi connectivity index (χ0v) is 14.6. The van der Waals surface area contributed by atoms with E-state index in [1.165, 1.54) is 11.8 Å². The SMILES string of the molecule is Cc1cccc(C)c1N=C1SC(=Cc2ccccc2O)C(=O)N1C. The molecule has 1 fully saturated rings. The summed E-state index contributed by atoms with van der Waals surface area (Å²) in [6.45, 7) is 4.01. The fraction of sp³-hybridized carbons (Fsp3) is 0.158. The van der Waals surface area contributed by atoms with Gasteiger partial charge < -0.3 is 5.11 Å². The first kappa shape index (κ1) is 16.3. The van der Waals surface area contributed by atoms with Crippen LogP contribution in [0, 0.1) is 13.8 Å². The number of carbonyl (C=O) groups is 1. The van der Waals surface area contributed by atoms with E-state index in [4.69, 9.17) is 0 Å². The Labute approximate surface area is 145 Å². The molecule has 0 radical (unpaired) electrons. The molecule has 0 spiro atoms. The van der Waals surface area contributed by atoms with Crippen molar-refractivity contribution in [2.45, 2.75) is 13.8 Å². The van der Waals surface area contributed by atoms with E-state index < -0.39 is 0 Å². The van der Waals surface area contributed by atoms with E-state index in [2.05, 4.69) is 4.99 Å². The number of benzene rings is 2. The Hall–Kier alpha value is -2.53. The Morgan fingerprint density at radius 1 is 1.08 bits per heavy atom. The maximum Gasteiger partial charge on any atom is 0.266 e. The van der Waals surface area contributed by atoms with Gasteiger partial charge in [0, 0.05) is 12.6 Å². The van der Waals surface area contributed by atoms with E-state index in [-0.39, 0.29) is 11.7 Å². The van der Waals surface area contributed by atoms with E-state index in [1.54, 1.807) is 36.2 Å². The lowest BCUT2D eigenvalue weighted by atomic mass is 10.1. The summed E-state index contributed by atoms with van der Waals surface area (Å²) in [6.07, 6.45) is 1.70. The lowest BCUT2D eigenvalue weighted by Gasteiger charge is -2.09. The predicted molar refractivity (Wildman–Crippen MR) is 99.5 cm³/mol. The monoisotopic (exact) mass is 338 g/mol. The van der Waals surface area contributed by atoms with Crippen molar-refractivity contribution in [1.29, 1.82) is 0 Å². The summed E-state index contributed by atoms with van der Waals surface area (Å²) in [5, 5.41) is 10.5. The zero-order chi connectivity index (χ0) is 17.3. The first-order chi connectivity index (χ1) is 11.5. The Bertz CT molecular complexity index is 851. The number of carbonyl (C=O) groups excluding carboxylic acids is 1. The molecule has 1 aliphatic heterocycles. The number of para-hydroxylation sites is 2. The van der Waals surface area contributed by atoms with Gasteiger partial charge in [-0.25, -0.2) is 4.99 Å². The summed E-state index contributed by atoms with van der Waals surface area (Å²) < 4.78 is 0. The van der Waals surface area contributed by atoms with Crippen LogP contribution in [0.25, 0.3) is 6.08 Å². The number of aliphatic imine (C=N–C) groups is 1. The molecule has 0 atom stereocenters. The maximum absolute atomic E-state index is 12.5. The van der Waals surface area contributed by atoms with Crippen molar-refractivity contribution in [1.82, 2.24) is 4.90 Å². The third kappa shape index (κ3) is 3.08. The molecule has 2 aromatic rings. The van der Waals surface area contributed by atoms with Crippen LogP contribution in [-0.2, 0) is 4.79 Å². The molecule has 0 saturated carbocycles. The van der Waals surface area contributed by atoms with Crippen LogP contribution < -0.4 is 0 Å². The molecule has 4 nitrogen and oxygen atoms in total. The second kappa shape index (κ2) is 6.53. The lowest BCUT2D eigenvalue weighted by molar-refractivity contribution is -0.121. The average molecular weight is 338 g/mol. The normalized spacial score (nSPS) is 18.0. The smallest absolute Gasteiger partial charge is 0.266 e. The standard InChI is InChI=1S/C19H18N2O2S/c1-12-7-6-8-13(2)17(12)20-19-21(3)18(23)16(24-19)11-14-9-4-5-10-15(14)22/h4-11,22H,1-3H3. The summed E-state index contributed by atoms with van der Waals surface area (Å²) >= 11 is 1.32. The van der Waals surface area contributed by atoms with Gasteiger partial charge in [-0.3, -0.25) is 9.69 Å². The summed E-state index contributed by atoms with van der Waals surface area (Å²) in [5.41, 5.74) is 3.66. The van der Waals surface area contributed by atoms with Crippen LogP contribution in [0.1, 0.15) is 16.7 Å². The molecule has 5 heteroatoms.